The number of para-hydroxylation sites is 1. The predicted molar refractivity (Wildman–Crippen MR) is 140 cm³/mol. The van der Waals surface area contributed by atoms with E-state index in [2.05, 4.69) is 31.1 Å². The van der Waals surface area contributed by atoms with Gasteiger partial charge in [-0.1, -0.05) is 39.0 Å². The van der Waals surface area contributed by atoms with Gasteiger partial charge in [0.15, 0.2) is 0 Å². The largest absolute Gasteiger partial charge is 0.348 e. The van der Waals surface area contributed by atoms with Crippen molar-refractivity contribution in [3.63, 3.8) is 0 Å². The van der Waals surface area contributed by atoms with Crippen LogP contribution in [0.2, 0.25) is 0 Å². The van der Waals surface area contributed by atoms with E-state index in [1.54, 1.807) is 24.3 Å². The first-order valence-corrected chi connectivity index (χ1v) is 12.3. The zero-order valence-electron chi connectivity index (χ0n) is 21.8. The number of carbonyl (C=O) groups excluding carboxylic acids is 3. The molecule has 1 fully saturated rings. The van der Waals surface area contributed by atoms with Gasteiger partial charge in [0, 0.05) is 30.7 Å². The number of nitrogens with one attached hydrogen (secondary N) is 2. The van der Waals surface area contributed by atoms with Gasteiger partial charge in [-0.15, -0.1) is 0 Å². The molecule has 1 aliphatic heterocycles. The van der Waals surface area contributed by atoms with E-state index in [4.69, 9.17) is 0 Å². The van der Waals surface area contributed by atoms with E-state index < -0.39 is 35.4 Å². The van der Waals surface area contributed by atoms with Crippen LogP contribution in [0, 0.1) is 34.8 Å². The molecule has 0 saturated carbocycles. The summed E-state index contributed by atoms with van der Waals surface area (Å²) in [5, 5.41) is 12.5. The fraction of sp³-hybridized carbons (Fsp3) is 0.357. The molecule has 2 heterocycles. The number of rotatable bonds is 5. The normalized spacial score (nSPS) is 16.5. The number of likely N-dealkylation sites (N-methyl/N-ethyl adjacent to an activating group) is 1. The van der Waals surface area contributed by atoms with Gasteiger partial charge in [-0.3, -0.25) is 14.4 Å². The van der Waals surface area contributed by atoms with Gasteiger partial charge in [0.2, 0.25) is 11.8 Å². The van der Waals surface area contributed by atoms with E-state index in [0.29, 0.717) is 11.8 Å². The van der Waals surface area contributed by atoms with Crippen LogP contribution in [0.25, 0.3) is 10.9 Å². The molecular formula is C28H31F2N5O3. The number of aromatic nitrogens is 1. The van der Waals surface area contributed by atoms with E-state index in [9.17, 15) is 28.4 Å². The molecule has 0 aliphatic carbocycles. The Labute approximate surface area is 220 Å². The van der Waals surface area contributed by atoms with Crippen molar-refractivity contribution in [2.24, 2.45) is 11.8 Å². The number of fused-ring (bicyclic) bond motifs is 1. The highest BCUT2D eigenvalue weighted by molar-refractivity contribution is 5.99. The fourth-order valence-electron chi connectivity index (χ4n) is 4.04. The summed E-state index contributed by atoms with van der Waals surface area (Å²) in [5.74, 6) is -2.73. The molecular weight excluding hydrogens is 492 g/mol. The molecule has 3 aromatic rings. The number of aromatic amines is 1. The van der Waals surface area contributed by atoms with Gasteiger partial charge in [-0.2, -0.15) is 5.26 Å². The quantitative estimate of drug-likeness (QED) is 0.511. The minimum atomic E-state index is -0.832. The van der Waals surface area contributed by atoms with Gasteiger partial charge in [0.1, 0.15) is 23.4 Å². The Hall–Kier alpha value is -4.26. The van der Waals surface area contributed by atoms with E-state index in [0.717, 1.165) is 16.9 Å². The molecule has 2 aromatic carbocycles. The third-order valence-electron chi connectivity index (χ3n) is 5.78. The van der Waals surface area contributed by atoms with Crippen molar-refractivity contribution in [2.45, 2.75) is 33.2 Å². The van der Waals surface area contributed by atoms with Crippen molar-refractivity contribution >= 4 is 34.3 Å². The second-order valence-corrected chi connectivity index (χ2v) is 9.91. The first-order valence-electron chi connectivity index (χ1n) is 12.3. The minimum absolute atomic E-state index is 0.00632. The lowest BCUT2D eigenvalue weighted by Crippen LogP contribution is -2.43. The standard InChI is InChI=1S/C24H21F2N5O3.C4H10/c1-30(24(34)20-9-14-7-16(25)10-19(26)22(14)29-20)13-21(32)31-12-15(8-18(31)11-27)23(33)28-17-5-3-2-4-6-17;1-4(2)3/h2-7,9-10,15,18,29H,8,12-13H2,1H3,(H,28,33);4H,1-3H3. The summed E-state index contributed by atoms with van der Waals surface area (Å²) in [6.07, 6.45) is 0.186. The van der Waals surface area contributed by atoms with Crippen molar-refractivity contribution in [2.75, 3.05) is 25.5 Å². The first-order chi connectivity index (χ1) is 18.0. The lowest BCUT2D eigenvalue weighted by Gasteiger charge is -2.23. The topological polar surface area (TPSA) is 109 Å². The van der Waals surface area contributed by atoms with Crippen LogP contribution in [0.15, 0.2) is 48.5 Å². The number of benzene rings is 2. The van der Waals surface area contributed by atoms with Gasteiger partial charge in [-0.25, -0.2) is 8.78 Å². The Morgan fingerprint density at radius 2 is 1.82 bits per heavy atom. The van der Waals surface area contributed by atoms with Gasteiger partial charge in [-0.05, 0) is 36.6 Å². The van der Waals surface area contributed by atoms with Crippen LogP contribution in [-0.4, -0.2) is 58.7 Å². The van der Waals surface area contributed by atoms with Crippen molar-refractivity contribution < 1.29 is 23.2 Å². The summed E-state index contributed by atoms with van der Waals surface area (Å²) in [5.41, 5.74) is 0.597. The predicted octanol–water partition coefficient (Wildman–Crippen LogP) is 4.56. The Kier molecular flexibility index (Phi) is 9.18. The van der Waals surface area contributed by atoms with Crippen molar-refractivity contribution in [1.82, 2.24) is 14.8 Å². The summed E-state index contributed by atoms with van der Waals surface area (Å²) >= 11 is 0. The molecule has 8 nitrogen and oxygen atoms in total. The van der Waals surface area contributed by atoms with Gasteiger partial charge >= 0.3 is 0 Å². The first kappa shape index (κ1) is 28.3. The average molecular weight is 524 g/mol. The maximum atomic E-state index is 13.9. The van der Waals surface area contributed by atoms with Gasteiger partial charge in [0.05, 0.1) is 24.0 Å². The third kappa shape index (κ3) is 6.94. The number of anilines is 1. The maximum Gasteiger partial charge on any atom is 0.270 e. The summed E-state index contributed by atoms with van der Waals surface area (Å²) in [6, 6.07) is 13.2. The second-order valence-electron chi connectivity index (χ2n) is 9.91. The molecule has 200 valence electrons. The van der Waals surface area contributed by atoms with Crippen molar-refractivity contribution in [3.8, 4) is 6.07 Å². The average Bonchev–Trinajstić information content (AvgIpc) is 3.48. The molecule has 0 radical (unpaired) electrons. The van der Waals surface area contributed by atoms with Gasteiger partial charge < -0.3 is 20.1 Å². The Balaban J connectivity index is 0.000000934. The number of hydrogen-bond acceptors (Lipinski definition) is 4. The second kappa shape index (κ2) is 12.3. The van der Waals surface area contributed by atoms with E-state index >= 15 is 0 Å². The van der Waals surface area contributed by atoms with Gasteiger partial charge in [0.25, 0.3) is 5.91 Å². The maximum absolute atomic E-state index is 13.9. The number of likely N-dealkylation sites (tertiary alicyclic amines) is 1. The molecule has 0 bridgehead atoms. The van der Waals surface area contributed by atoms with Crippen LogP contribution in [0.1, 0.15) is 37.7 Å². The van der Waals surface area contributed by atoms with Crippen molar-refractivity contribution in [3.05, 3.63) is 65.9 Å². The highest BCUT2D eigenvalue weighted by Gasteiger charge is 2.39. The number of hydrogen-bond donors (Lipinski definition) is 2. The minimum Gasteiger partial charge on any atom is -0.348 e. The summed E-state index contributed by atoms with van der Waals surface area (Å²) < 4.78 is 27.4. The molecule has 10 heteroatoms. The fourth-order valence-corrected chi connectivity index (χ4v) is 4.04. The highest BCUT2D eigenvalue weighted by atomic mass is 19.1. The van der Waals surface area contributed by atoms with Crippen LogP contribution in [0.4, 0.5) is 14.5 Å². The van der Waals surface area contributed by atoms with Crippen molar-refractivity contribution in [1.29, 1.82) is 5.26 Å². The monoisotopic (exact) mass is 523 g/mol. The number of amides is 3. The molecule has 2 unspecified atom stereocenters. The third-order valence-corrected chi connectivity index (χ3v) is 5.78. The Bertz CT molecular complexity index is 1350. The molecule has 1 saturated heterocycles. The number of carbonyl (C=O) groups is 3. The zero-order chi connectivity index (χ0) is 28.0. The lowest BCUT2D eigenvalue weighted by atomic mass is 10.1. The Morgan fingerprint density at radius 3 is 2.45 bits per heavy atom. The molecule has 38 heavy (non-hydrogen) atoms. The van der Waals surface area contributed by atoms with Crippen LogP contribution in [0.5, 0.6) is 0 Å². The highest BCUT2D eigenvalue weighted by Crippen LogP contribution is 2.25. The zero-order valence-corrected chi connectivity index (χ0v) is 21.8. The molecule has 3 amide bonds. The van der Waals surface area contributed by atoms with E-state index in [-0.39, 0.29) is 42.0 Å². The summed E-state index contributed by atoms with van der Waals surface area (Å²) in [6.45, 7) is 6.20. The van der Waals surface area contributed by atoms with Crippen LogP contribution < -0.4 is 5.32 Å². The smallest absolute Gasteiger partial charge is 0.270 e. The number of nitrogens with zero attached hydrogens (tertiary/aromatic N) is 3. The molecule has 1 aliphatic rings. The molecule has 4 rings (SSSR count). The molecule has 2 N–H and O–H groups in total. The number of H-pyrrole nitrogens is 1. The number of halogens is 2. The van der Waals surface area contributed by atoms with Crippen LogP contribution in [0.3, 0.4) is 0 Å². The number of nitriles is 1. The molecule has 0 spiro atoms. The summed E-state index contributed by atoms with van der Waals surface area (Å²) in [7, 11) is 1.39. The molecule has 2 atom stereocenters. The lowest BCUT2D eigenvalue weighted by molar-refractivity contribution is -0.131. The summed E-state index contributed by atoms with van der Waals surface area (Å²) in [4.78, 5) is 43.3. The van der Waals surface area contributed by atoms with Crippen LogP contribution in [-0.2, 0) is 9.59 Å². The van der Waals surface area contributed by atoms with E-state index in [1.807, 2.05) is 12.1 Å². The molecule has 1 aromatic heterocycles. The Morgan fingerprint density at radius 1 is 1.16 bits per heavy atom. The van der Waals surface area contributed by atoms with Crippen LogP contribution >= 0.6 is 0 Å². The van der Waals surface area contributed by atoms with E-state index in [1.165, 1.54) is 18.0 Å². The SMILES string of the molecule is CC(C)C.CN(CC(=O)N1CC(C(=O)Nc2ccccc2)CC1C#N)C(=O)c1cc2cc(F)cc(F)c2[nH]1.